The van der Waals surface area contributed by atoms with Crippen molar-refractivity contribution in [2.24, 2.45) is 0 Å². The number of fused-ring (bicyclic) bond motifs is 2. The maximum Gasteiger partial charge on any atom is 0.341 e. The zero-order valence-corrected chi connectivity index (χ0v) is 34.8. The van der Waals surface area contributed by atoms with Crippen molar-refractivity contribution >= 4 is 45.3 Å². The molecule has 0 aliphatic carbocycles. The Bertz CT molecular complexity index is 2200. The highest BCUT2D eigenvalue weighted by atomic mass is 35.5. The Hall–Kier alpha value is -4.89. The first kappa shape index (κ1) is 42.3. The normalized spacial score (nSPS) is 11.9. The van der Waals surface area contributed by atoms with E-state index in [0.29, 0.717) is 16.1 Å². The summed E-state index contributed by atoms with van der Waals surface area (Å²) in [6.07, 6.45) is 1.55. The molecule has 296 valence electrons. The standard InChI is InChI=1S/C24H29ClN2O2.C23H28N2O2/c1-5-27(6-2)13-12-18-10-11-22-21(14-18)23(16(3)26-22)24(28)29-17(4)19-8-7-9-20(25)15-19;1-4-25(5-2)14-13-18-11-12-21-20(15-18)22(17(3)24-21)23(26)27-16-19-9-7-6-8-10-19/h7-11,14-15,17,26H,5-6,12-13H2,1-4H3;6-12,15,24H,4-5,13-14,16H2,1-3H3. The van der Waals surface area contributed by atoms with Crippen LogP contribution in [0.4, 0.5) is 0 Å². The van der Waals surface area contributed by atoms with Crippen LogP contribution in [-0.4, -0.2) is 71.0 Å². The summed E-state index contributed by atoms with van der Waals surface area (Å²) in [7, 11) is 0. The summed E-state index contributed by atoms with van der Waals surface area (Å²) in [5, 5.41) is 2.50. The van der Waals surface area contributed by atoms with Gasteiger partial charge in [0, 0.05) is 51.3 Å². The highest BCUT2D eigenvalue weighted by Crippen LogP contribution is 2.28. The van der Waals surface area contributed by atoms with Crippen LogP contribution in [-0.2, 0) is 28.9 Å². The van der Waals surface area contributed by atoms with Crippen LogP contribution >= 0.6 is 11.6 Å². The number of nitrogens with one attached hydrogen (secondary N) is 2. The molecule has 2 N–H and O–H groups in total. The first-order valence-corrected chi connectivity index (χ1v) is 20.3. The lowest BCUT2D eigenvalue weighted by Gasteiger charge is -2.17. The zero-order chi connectivity index (χ0) is 40.2. The number of hydrogen-bond acceptors (Lipinski definition) is 6. The molecule has 2 heterocycles. The van der Waals surface area contributed by atoms with Crippen LogP contribution in [0.5, 0.6) is 0 Å². The summed E-state index contributed by atoms with van der Waals surface area (Å²) in [5.74, 6) is -0.592. The Morgan fingerprint density at radius 3 is 1.66 bits per heavy atom. The van der Waals surface area contributed by atoms with Crippen molar-refractivity contribution in [3.63, 3.8) is 0 Å². The minimum atomic E-state index is -0.378. The van der Waals surface area contributed by atoms with Crippen LogP contribution in [0.1, 0.15) is 95.1 Å². The summed E-state index contributed by atoms with van der Waals surface area (Å²) < 4.78 is 11.3. The van der Waals surface area contributed by atoms with Gasteiger partial charge in [0.2, 0.25) is 0 Å². The van der Waals surface area contributed by atoms with E-state index >= 15 is 0 Å². The number of ether oxygens (including phenoxy) is 2. The van der Waals surface area contributed by atoms with E-state index in [1.165, 1.54) is 11.1 Å². The fourth-order valence-electron chi connectivity index (χ4n) is 7.08. The predicted octanol–water partition coefficient (Wildman–Crippen LogP) is 10.6. The van der Waals surface area contributed by atoms with Crippen LogP contribution in [0.3, 0.4) is 0 Å². The SMILES string of the molecule is CCN(CC)CCc1ccc2[nH]c(C)c(C(=O)OC(C)c3cccc(Cl)c3)c2c1.CCN(CC)CCc1ccc2[nH]c(C)c(C(=O)OCc3ccccc3)c2c1. The molecule has 0 radical (unpaired) electrons. The number of esters is 2. The molecular formula is C47H57ClN4O4. The van der Waals surface area contributed by atoms with Gasteiger partial charge in [-0.05, 0) is 118 Å². The van der Waals surface area contributed by atoms with Gasteiger partial charge in [0.05, 0.1) is 11.1 Å². The number of likely N-dealkylation sites (N-methyl/N-ethyl adjacent to an activating group) is 2. The van der Waals surface area contributed by atoms with Gasteiger partial charge in [0.15, 0.2) is 0 Å². The molecule has 1 atom stereocenters. The Morgan fingerprint density at radius 2 is 1.16 bits per heavy atom. The number of hydrogen-bond donors (Lipinski definition) is 2. The van der Waals surface area contributed by atoms with Crippen molar-refractivity contribution in [3.05, 3.63) is 141 Å². The van der Waals surface area contributed by atoms with Crippen LogP contribution in [0, 0.1) is 13.8 Å². The number of aryl methyl sites for hydroxylation is 2. The lowest BCUT2D eigenvalue weighted by atomic mass is 10.1. The van der Waals surface area contributed by atoms with Gasteiger partial charge in [-0.2, -0.15) is 0 Å². The third-order valence-electron chi connectivity index (χ3n) is 10.5. The van der Waals surface area contributed by atoms with Gasteiger partial charge in [-0.15, -0.1) is 0 Å². The third kappa shape index (κ3) is 10.9. The predicted molar refractivity (Wildman–Crippen MR) is 230 cm³/mol. The van der Waals surface area contributed by atoms with Gasteiger partial charge in [0.1, 0.15) is 12.7 Å². The molecule has 0 saturated heterocycles. The number of aromatic amines is 2. The van der Waals surface area contributed by atoms with E-state index in [1.807, 2.05) is 75.4 Å². The molecule has 1 unspecified atom stereocenters. The fourth-order valence-corrected chi connectivity index (χ4v) is 7.28. The van der Waals surface area contributed by atoms with E-state index in [0.717, 1.165) is 96.4 Å². The molecule has 0 amide bonds. The van der Waals surface area contributed by atoms with Gasteiger partial charge in [0.25, 0.3) is 0 Å². The Morgan fingerprint density at radius 1 is 0.643 bits per heavy atom. The average Bonchev–Trinajstić information content (AvgIpc) is 3.72. The topological polar surface area (TPSA) is 90.7 Å². The molecule has 8 nitrogen and oxygen atoms in total. The smallest absolute Gasteiger partial charge is 0.341 e. The second kappa shape index (κ2) is 20.3. The molecule has 0 aliphatic rings. The molecule has 0 saturated carbocycles. The number of carbonyl (C=O) groups is 2. The van der Waals surface area contributed by atoms with Crippen molar-refractivity contribution in [2.75, 3.05) is 39.3 Å². The van der Waals surface area contributed by atoms with E-state index in [4.69, 9.17) is 21.1 Å². The van der Waals surface area contributed by atoms with Crippen molar-refractivity contribution < 1.29 is 19.1 Å². The second-order valence-corrected chi connectivity index (χ2v) is 14.7. The van der Waals surface area contributed by atoms with Crippen LogP contribution in [0.2, 0.25) is 5.02 Å². The summed E-state index contributed by atoms with van der Waals surface area (Å²) >= 11 is 6.07. The van der Waals surface area contributed by atoms with E-state index < -0.39 is 0 Å². The molecule has 4 aromatic carbocycles. The largest absolute Gasteiger partial charge is 0.457 e. The van der Waals surface area contributed by atoms with Crippen molar-refractivity contribution in [1.82, 2.24) is 19.8 Å². The van der Waals surface area contributed by atoms with Crippen molar-refractivity contribution in [3.8, 4) is 0 Å². The maximum absolute atomic E-state index is 13.0. The van der Waals surface area contributed by atoms with Gasteiger partial charge in [-0.1, -0.05) is 93.9 Å². The minimum Gasteiger partial charge on any atom is -0.457 e. The molecule has 0 fully saturated rings. The third-order valence-corrected chi connectivity index (χ3v) is 10.8. The number of benzene rings is 4. The Kier molecular flexibility index (Phi) is 15.3. The van der Waals surface area contributed by atoms with E-state index in [1.54, 1.807) is 0 Å². The number of nitrogens with zero attached hydrogens (tertiary/aromatic N) is 2. The summed E-state index contributed by atoms with van der Waals surface area (Å²) in [5.41, 5.74) is 9.19. The second-order valence-electron chi connectivity index (χ2n) is 14.2. The first-order chi connectivity index (χ1) is 27.0. The van der Waals surface area contributed by atoms with Gasteiger partial charge < -0.3 is 29.2 Å². The molecule has 0 spiro atoms. The number of H-pyrrole nitrogens is 2. The van der Waals surface area contributed by atoms with Crippen LogP contribution in [0.15, 0.2) is 91.0 Å². The highest BCUT2D eigenvalue weighted by Gasteiger charge is 2.21. The molecule has 0 aliphatic heterocycles. The molecular weight excluding hydrogens is 720 g/mol. The van der Waals surface area contributed by atoms with Crippen LogP contribution < -0.4 is 0 Å². The lowest BCUT2D eigenvalue weighted by molar-refractivity contribution is 0.0339. The first-order valence-electron chi connectivity index (χ1n) is 19.9. The quantitative estimate of drug-likeness (QED) is 0.0952. The summed E-state index contributed by atoms with van der Waals surface area (Å²) in [6.45, 7) is 20.9. The van der Waals surface area contributed by atoms with E-state index in [2.05, 4.69) is 83.9 Å². The number of rotatable bonds is 16. The minimum absolute atomic E-state index is 0.275. The van der Waals surface area contributed by atoms with E-state index in [9.17, 15) is 9.59 Å². The van der Waals surface area contributed by atoms with Crippen molar-refractivity contribution in [1.29, 1.82) is 0 Å². The highest BCUT2D eigenvalue weighted by molar-refractivity contribution is 6.30. The molecule has 56 heavy (non-hydrogen) atoms. The average molecular weight is 777 g/mol. The molecule has 6 aromatic rings. The van der Waals surface area contributed by atoms with Crippen LogP contribution in [0.25, 0.3) is 21.8 Å². The number of halogens is 1. The maximum atomic E-state index is 13.0. The molecule has 2 aromatic heterocycles. The van der Waals surface area contributed by atoms with Gasteiger partial charge >= 0.3 is 11.9 Å². The van der Waals surface area contributed by atoms with Gasteiger partial charge in [-0.3, -0.25) is 0 Å². The van der Waals surface area contributed by atoms with Crippen molar-refractivity contribution in [2.45, 2.75) is 74.0 Å². The fraction of sp³-hybridized carbons (Fsp3) is 0.362. The zero-order valence-electron chi connectivity index (χ0n) is 34.0. The Balaban J connectivity index is 0.000000215. The number of aromatic nitrogens is 2. The number of carbonyl (C=O) groups excluding carboxylic acids is 2. The summed E-state index contributed by atoms with van der Waals surface area (Å²) in [4.78, 5) is 37.2. The Labute approximate surface area is 337 Å². The molecule has 9 heteroatoms. The van der Waals surface area contributed by atoms with E-state index in [-0.39, 0.29) is 24.6 Å². The molecule has 0 bridgehead atoms. The lowest BCUT2D eigenvalue weighted by Crippen LogP contribution is -2.25. The summed E-state index contributed by atoms with van der Waals surface area (Å²) in [6, 6.07) is 29.8. The monoisotopic (exact) mass is 776 g/mol. The van der Waals surface area contributed by atoms with Gasteiger partial charge in [-0.25, -0.2) is 9.59 Å². The molecule has 6 rings (SSSR count).